The number of hydrogen-bond acceptors (Lipinski definition) is 6. The Balaban J connectivity index is 1.46. The van der Waals surface area contributed by atoms with Crippen molar-refractivity contribution >= 4 is 21.6 Å². The summed E-state index contributed by atoms with van der Waals surface area (Å²) in [7, 11) is -1.96. The third-order valence-electron chi connectivity index (χ3n) is 6.29. The molecule has 2 amide bonds. The Kier molecular flexibility index (Phi) is 4.98. The number of rotatable bonds is 3. The maximum Gasteiger partial charge on any atom is 0.354 e. The molecule has 2 aromatic heterocycles. The van der Waals surface area contributed by atoms with Crippen molar-refractivity contribution in [2.75, 3.05) is 19.0 Å². The summed E-state index contributed by atoms with van der Waals surface area (Å²) in [5.41, 5.74) is 5.01. The SMILES string of the molecule is COC1COc2c(S(N)(=O)=NC(=O)Nc3c4c(nc5c3CCC5C)CCC4)cnn2C1. The first-order valence-corrected chi connectivity index (χ1v) is 12.1. The summed E-state index contributed by atoms with van der Waals surface area (Å²) in [5, 5.41) is 13.1. The van der Waals surface area contributed by atoms with E-state index in [1.807, 2.05) is 0 Å². The van der Waals surface area contributed by atoms with Crippen molar-refractivity contribution in [1.82, 2.24) is 14.8 Å². The number of fused-ring (bicyclic) bond motifs is 3. The molecule has 3 unspecified atom stereocenters. The average molecular weight is 447 g/mol. The number of nitrogens with zero attached hydrogens (tertiary/aromatic N) is 4. The van der Waals surface area contributed by atoms with E-state index in [9.17, 15) is 9.00 Å². The van der Waals surface area contributed by atoms with Gasteiger partial charge in [0.1, 0.15) is 17.6 Å². The molecule has 0 radical (unpaired) electrons. The van der Waals surface area contributed by atoms with Crippen LogP contribution in [0, 0.1) is 0 Å². The Morgan fingerprint density at radius 1 is 1.39 bits per heavy atom. The van der Waals surface area contributed by atoms with E-state index in [-0.39, 0.29) is 23.5 Å². The van der Waals surface area contributed by atoms with Crippen molar-refractivity contribution in [1.29, 1.82) is 0 Å². The van der Waals surface area contributed by atoms with Gasteiger partial charge in [0.25, 0.3) is 0 Å². The first kappa shape index (κ1) is 20.4. The van der Waals surface area contributed by atoms with Crippen LogP contribution in [-0.2, 0) is 40.5 Å². The standard InChI is InChI=1S/C20H26N6O4S/c1-11-6-7-14-17(11)23-15-5-3-4-13(15)18(14)24-20(27)25-31(21,28)16-8-22-26-9-12(29-2)10-30-19(16)26/h8,11-12H,3-7,9-10H2,1-2H3,(H3,21,23,24,25,27,28). The molecule has 3 N–H and O–H groups in total. The second kappa shape index (κ2) is 7.57. The zero-order valence-electron chi connectivity index (χ0n) is 17.6. The zero-order valence-corrected chi connectivity index (χ0v) is 18.4. The van der Waals surface area contributed by atoms with Gasteiger partial charge in [0.2, 0.25) is 5.88 Å². The lowest BCUT2D eigenvalue weighted by Gasteiger charge is -2.23. The van der Waals surface area contributed by atoms with E-state index < -0.39 is 15.9 Å². The molecule has 0 bridgehead atoms. The quantitative estimate of drug-likeness (QED) is 0.742. The second-order valence-corrected chi connectivity index (χ2v) is 10.1. The third-order valence-corrected chi connectivity index (χ3v) is 7.64. The minimum absolute atomic E-state index is 0.107. The van der Waals surface area contributed by atoms with Gasteiger partial charge in [-0.1, -0.05) is 6.92 Å². The molecule has 3 atom stereocenters. The highest BCUT2D eigenvalue weighted by Gasteiger charge is 2.31. The number of nitrogens with two attached hydrogens (primary N) is 1. The van der Waals surface area contributed by atoms with Gasteiger partial charge in [0, 0.05) is 18.5 Å². The van der Waals surface area contributed by atoms with Crippen LogP contribution < -0.4 is 15.2 Å². The van der Waals surface area contributed by atoms with Gasteiger partial charge in [-0.2, -0.15) is 5.10 Å². The fourth-order valence-corrected chi connectivity index (χ4v) is 5.65. The number of methoxy groups -OCH3 is 1. The Bertz CT molecular complexity index is 1180. The molecular weight excluding hydrogens is 420 g/mol. The first-order valence-electron chi connectivity index (χ1n) is 10.5. The number of hydrogen-bond donors (Lipinski definition) is 2. The molecule has 3 heterocycles. The highest BCUT2D eigenvalue weighted by molar-refractivity contribution is 7.91. The van der Waals surface area contributed by atoms with E-state index in [1.54, 1.807) is 7.11 Å². The maximum atomic E-state index is 13.2. The maximum absolute atomic E-state index is 13.2. The summed E-state index contributed by atoms with van der Waals surface area (Å²) in [6.07, 6.45) is 5.82. The number of carbonyl (C=O) groups is 1. The van der Waals surface area contributed by atoms with E-state index in [0.717, 1.165) is 60.3 Å². The molecule has 166 valence electrons. The molecule has 2 aromatic rings. The molecule has 0 spiro atoms. The van der Waals surface area contributed by atoms with Crippen molar-refractivity contribution in [2.45, 2.75) is 62.5 Å². The number of pyridine rings is 1. The van der Waals surface area contributed by atoms with Gasteiger partial charge < -0.3 is 14.8 Å². The molecule has 11 heteroatoms. The van der Waals surface area contributed by atoms with Crippen LogP contribution in [0.15, 0.2) is 15.5 Å². The number of urea groups is 1. The lowest BCUT2D eigenvalue weighted by molar-refractivity contribution is 0.0165. The highest BCUT2D eigenvalue weighted by atomic mass is 32.2. The predicted octanol–water partition coefficient (Wildman–Crippen LogP) is 2.16. The first-order chi connectivity index (χ1) is 14.9. The zero-order chi connectivity index (χ0) is 21.8. The summed E-state index contributed by atoms with van der Waals surface area (Å²) in [6.45, 7) is 2.88. The van der Waals surface area contributed by atoms with Gasteiger partial charge >= 0.3 is 6.03 Å². The molecule has 0 fully saturated rings. The van der Waals surface area contributed by atoms with Gasteiger partial charge in [0.05, 0.1) is 18.4 Å². The molecule has 3 aliphatic rings. The van der Waals surface area contributed by atoms with Crippen molar-refractivity contribution in [3.05, 3.63) is 28.7 Å². The van der Waals surface area contributed by atoms with Crippen molar-refractivity contribution in [2.24, 2.45) is 9.50 Å². The third kappa shape index (κ3) is 3.50. The second-order valence-electron chi connectivity index (χ2n) is 8.32. The smallest absolute Gasteiger partial charge is 0.354 e. The van der Waals surface area contributed by atoms with Crippen molar-refractivity contribution < 1.29 is 18.5 Å². The summed E-state index contributed by atoms with van der Waals surface area (Å²) in [6, 6.07) is -0.736. The number of nitrogens with one attached hydrogen (secondary N) is 1. The lowest BCUT2D eigenvalue weighted by atomic mass is 10.0. The largest absolute Gasteiger partial charge is 0.474 e. The van der Waals surface area contributed by atoms with Gasteiger partial charge in [-0.05, 0) is 49.1 Å². The summed E-state index contributed by atoms with van der Waals surface area (Å²) >= 11 is 0. The van der Waals surface area contributed by atoms with Crippen LogP contribution >= 0.6 is 0 Å². The van der Waals surface area contributed by atoms with E-state index in [4.69, 9.17) is 19.6 Å². The number of anilines is 1. The summed E-state index contributed by atoms with van der Waals surface area (Å²) in [4.78, 5) is 17.8. The van der Waals surface area contributed by atoms with Crippen LogP contribution in [0.5, 0.6) is 5.88 Å². The van der Waals surface area contributed by atoms with E-state index in [2.05, 4.69) is 21.7 Å². The number of amides is 2. The molecule has 31 heavy (non-hydrogen) atoms. The topological polar surface area (TPSA) is 134 Å². The van der Waals surface area contributed by atoms with Crippen LogP contribution in [-0.4, -0.2) is 44.8 Å². The molecule has 0 aromatic carbocycles. The summed E-state index contributed by atoms with van der Waals surface area (Å²) < 4.78 is 29.4. The van der Waals surface area contributed by atoms with Gasteiger partial charge in [-0.15, -0.1) is 4.36 Å². The van der Waals surface area contributed by atoms with Crippen LogP contribution in [0.25, 0.3) is 0 Å². The fourth-order valence-electron chi connectivity index (χ4n) is 4.65. The van der Waals surface area contributed by atoms with E-state index >= 15 is 0 Å². The number of carbonyl (C=O) groups excluding carboxylic acids is 1. The molecule has 0 saturated heterocycles. The molecule has 10 nitrogen and oxygen atoms in total. The van der Waals surface area contributed by atoms with Crippen LogP contribution in [0.4, 0.5) is 10.5 Å². The minimum Gasteiger partial charge on any atom is -0.474 e. The highest BCUT2D eigenvalue weighted by Crippen LogP contribution is 2.41. The number of ether oxygens (including phenoxy) is 2. The summed E-state index contributed by atoms with van der Waals surface area (Å²) in [5.74, 6) is 0.621. The van der Waals surface area contributed by atoms with Gasteiger partial charge in [0.15, 0.2) is 9.92 Å². The average Bonchev–Trinajstić information content (AvgIpc) is 3.45. The Hall–Kier alpha value is -2.50. The molecular formula is C20H26N6O4S. The van der Waals surface area contributed by atoms with Crippen LogP contribution in [0.1, 0.15) is 48.2 Å². The van der Waals surface area contributed by atoms with Crippen molar-refractivity contribution in [3.63, 3.8) is 0 Å². The molecule has 5 rings (SSSR count). The van der Waals surface area contributed by atoms with E-state index in [0.29, 0.717) is 12.5 Å². The predicted molar refractivity (Wildman–Crippen MR) is 114 cm³/mol. The van der Waals surface area contributed by atoms with Crippen molar-refractivity contribution in [3.8, 4) is 5.88 Å². The molecule has 0 saturated carbocycles. The number of aromatic nitrogens is 3. The van der Waals surface area contributed by atoms with E-state index in [1.165, 1.54) is 10.9 Å². The Morgan fingerprint density at radius 3 is 3.03 bits per heavy atom. The van der Waals surface area contributed by atoms with Gasteiger partial charge in [-0.3, -0.25) is 4.98 Å². The fraction of sp³-hybridized carbons (Fsp3) is 0.550. The van der Waals surface area contributed by atoms with Crippen LogP contribution in [0.2, 0.25) is 0 Å². The minimum atomic E-state index is -3.54. The molecule has 1 aliphatic heterocycles. The lowest BCUT2D eigenvalue weighted by Crippen LogP contribution is -2.32. The Labute approximate surface area is 180 Å². The normalized spacial score (nSPS) is 23.3. The number of aryl methyl sites for hydroxylation is 1. The van der Waals surface area contributed by atoms with Gasteiger partial charge in [-0.25, -0.2) is 18.8 Å². The monoisotopic (exact) mass is 446 g/mol. The molecule has 2 aliphatic carbocycles. The Morgan fingerprint density at radius 2 is 2.23 bits per heavy atom. The van der Waals surface area contributed by atoms with Crippen LogP contribution in [0.3, 0.4) is 0 Å².